The minimum Gasteiger partial charge on any atom is -0.261 e. The van der Waals surface area contributed by atoms with Crippen molar-refractivity contribution >= 4 is 30.0 Å². The molecule has 5 aromatic carbocycles. The lowest BCUT2D eigenvalue weighted by Crippen LogP contribution is -2.07. The first-order valence-corrected chi connectivity index (χ1v) is 16.6. The third kappa shape index (κ3) is 8.71. The molecule has 0 atom stereocenters. The van der Waals surface area contributed by atoms with E-state index in [2.05, 4.69) is 142 Å². The Balaban J connectivity index is 1.62. The molecular formula is C46H43N3. The number of nitrogens with zero attached hydrogens (tertiary/aromatic N) is 3. The van der Waals surface area contributed by atoms with Crippen molar-refractivity contribution in [2.45, 2.75) is 34.2 Å². The van der Waals surface area contributed by atoms with Crippen molar-refractivity contribution in [3.05, 3.63) is 202 Å². The Morgan fingerprint density at radius 1 is 0.653 bits per heavy atom. The lowest BCUT2D eigenvalue weighted by molar-refractivity contribution is 1.06. The van der Waals surface area contributed by atoms with Gasteiger partial charge in [-0.05, 0) is 102 Å². The van der Waals surface area contributed by atoms with E-state index >= 15 is 0 Å². The standard InChI is InChI=1S/C46H43N3/c1-7-17-38(8-2)43(28-25-36-19-11-9-12-20-36)44-31-40(26-24-34(44)4)45(47-6)49-46(48-32-37-21-13-10-14-22-37)39-27-29-42(35(5)30-39)41-23-16-15-18-33(41)3/h7-31H,2,6,32H2,1,3-5H3/b17-7-,28-25+,43-38+,48-46?,49-45?. The third-order valence-corrected chi connectivity index (χ3v) is 8.44. The molecule has 0 aliphatic carbocycles. The maximum Gasteiger partial charge on any atom is 0.161 e. The normalized spacial score (nSPS) is 12.7. The average molecular weight is 638 g/mol. The van der Waals surface area contributed by atoms with Gasteiger partial charge in [-0.15, -0.1) is 0 Å². The van der Waals surface area contributed by atoms with Gasteiger partial charge in [0.25, 0.3) is 0 Å². The first-order valence-electron chi connectivity index (χ1n) is 16.6. The number of amidine groups is 2. The molecule has 3 heteroatoms. The molecule has 0 saturated carbocycles. The highest BCUT2D eigenvalue weighted by molar-refractivity contribution is 6.13. The summed E-state index contributed by atoms with van der Waals surface area (Å²) in [6.45, 7) is 17.0. The largest absolute Gasteiger partial charge is 0.261 e. The molecule has 0 aromatic heterocycles. The zero-order valence-electron chi connectivity index (χ0n) is 28.9. The second-order valence-electron chi connectivity index (χ2n) is 11.9. The Labute approximate surface area is 291 Å². The van der Waals surface area contributed by atoms with Crippen molar-refractivity contribution < 1.29 is 0 Å². The van der Waals surface area contributed by atoms with E-state index in [0.717, 1.165) is 50.1 Å². The summed E-state index contributed by atoms with van der Waals surface area (Å²) in [6, 6.07) is 41.7. The summed E-state index contributed by atoms with van der Waals surface area (Å²) >= 11 is 0. The van der Waals surface area contributed by atoms with E-state index in [1.807, 2.05) is 55.5 Å². The maximum atomic E-state index is 5.11. The Hall–Kier alpha value is -5.93. The van der Waals surface area contributed by atoms with Crippen LogP contribution in [0.4, 0.5) is 0 Å². The Bertz CT molecular complexity index is 2090. The van der Waals surface area contributed by atoms with Crippen LogP contribution in [0.3, 0.4) is 0 Å². The number of aliphatic imine (C=N–C) groups is 3. The lowest BCUT2D eigenvalue weighted by Gasteiger charge is -2.14. The van der Waals surface area contributed by atoms with Crippen LogP contribution in [-0.2, 0) is 6.54 Å². The quantitative estimate of drug-likeness (QED) is 0.0830. The predicted molar refractivity (Wildman–Crippen MR) is 213 cm³/mol. The SMILES string of the molecule is C=CC(/C=C\C)=C(/C=C/c1ccccc1)c1cc(C(N=C)=NC(=NCc2ccccc2)c2ccc(-c3ccccc3C)c(C)c2)ccc1C. The summed E-state index contributed by atoms with van der Waals surface area (Å²) in [6.07, 6.45) is 10.3. The number of hydrogen-bond acceptors (Lipinski definition) is 1. The lowest BCUT2D eigenvalue weighted by atomic mass is 9.92. The van der Waals surface area contributed by atoms with Crippen LogP contribution in [0.15, 0.2) is 173 Å². The van der Waals surface area contributed by atoms with Crippen molar-refractivity contribution in [1.82, 2.24) is 0 Å². The minimum atomic E-state index is 0.491. The molecule has 0 aliphatic rings. The Morgan fingerprint density at radius 2 is 1.31 bits per heavy atom. The third-order valence-electron chi connectivity index (χ3n) is 8.44. The molecule has 5 aromatic rings. The fraction of sp³-hybridized carbons (Fsp3) is 0.109. The second kappa shape index (κ2) is 16.8. The van der Waals surface area contributed by atoms with E-state index in [-0.39, 0.29) is 0 Å². The Kier molecular flexibility index (Phi) is 11.8. The number of hydrogen-bond donors (Lipinski definition) is 0. The predicted octanol–water partition coefficient (Wildman–Crippen LogP) is 11.6. The summed E-state index contributed by atoms with van der Waals surface area (Å²) in [4.78, 5) is 14.6. The molecular weight excluding hydrogens is 595 g/mol. The van der Waals surface area contributed by atoms with Gasteiger partial charge in [-0.2, -0.15) is 0 Å². The number of rotatable bonds is 10. The van der Waals surface area contributed by atoms with Crippen molar-refractivity contribution in [2.75, 3.05) is 0 Å². The maximum absolute atomic E-state index is 5.11. The van der Waals surface area contributed by atoms with Crippen LogP contribution in [0.2, 0.25) is 0 Å². The zero-order valence-corrected chi connectivity index (χ0v) is 28.9. The summed E-state index contributed by atoms with van der Waals surface area (Å²) in [7, 11) is 0. The van der Waals surface area contributed by atoms with Crippen molar-refractivity contribution in [3.63, 3.8) is 0 Å². The highest BCUT2D eigenvalue weighted by Gasteiger charge is 2.14. The van der Waals surface area contributed by atoms with Crippen LogP contribution in [0.1, 0.15) is 51.4 Å². The smallest absolute Gasteiger partial charge is 0.161 e. The molecule has 0 unspecified atom stereocenters. The molecule has 0 saturated heterocycles. The van der Waals surface area contributed by atoms with E-state index in [0.29, 0.717) is 18.2 Å². The molecule has 242 valence electrons. The van der Waals surface area contributed by atoms with Gasteiger partial charge in [0, 0.05) is 11.1 Å². The van der Waals surface area contributed by atoms with Crippen LogP contribution < -0.4 is 0 Å². The molecule has 0 spiro atoms. The fourth-order valence-electron chi connectivity index (χ4n) is 5.80. The van der Waals surface area contributed by atoms with E-state index in [1.54, 1.807) is 0 Å². The van der Waals surface area contributed by atoms with Crippen LogP contribution in [-0.4, -0.2) is 18.4 Å². The molecule has 0 heterocycles. The number of aryl methyl sites for hydroxylation is 3. The van der Waals surface area contributed by atoms with Crippen LogP contribution in [0.5, 0.6) is 0 Å². The van der Waals surface area contributed by atoms with Gasteiger partial charge in [0.05, 0.1) is 6.54 Å². The molecule has 0 amide bonds. The van der Waals surface area contributed by atoms with Gasteiger partial charge in [-0.1, -0.05) is 146 Å². The van der Waals surface area contributed by atoms with E-state index in [4.69, 9.17) is 9.98 Å². The summed E-state index contributed by atoms with van der Waals surface area (Å²) in [5.74, 6) is 1.11. The summed E-state index contributed by atoms with van der Waals surface area (Å²) in [5.41, 5.74) is 13.1. The van der Waals surface area contributed by atoms with Gasteiger partial charge >= 0.3 is 0 Å². The average Bonchev–Trinajstić information content (AvgIpc) is 3.13. The fourth-order valence-corrected chi connectivity index (χ4v) is 5.80. The Morgan fingerprint density at radius 3 is 1.98 bits per heavy atom. The van der Waals surface area contributed by atoms with Crippen LogP contribution in [0, 0.1) is 20.8 Å². The summed E-state index contributed by atoms with van der Waals surface area (Å²) in [5, 5.41) is 0. The summed E-state index contributed by atoms with van der Waals surface area (Å²) < 4.78 is 0. The van der Waals surface area contributed by atoms with E-state index in [1.165, 1.54) is 16.7 Å². The minimum absolute atomic E-state index is 0.491. The van der Waals surface area contributed by atoms with Crippen molar-refractivity contribution in [3.8, 4) is 11.1 Å². The van der Waals surface area contributed by atoms with Crippen LogP contribution in [0.25, 0.3) is 22.8 Å². The molecule has 0 N–H and O–H groups in total. The van der Waals surface area contributed by atoms with Gasteiger partial charge in [0.15, 0.2) is 11.7 Å². The van der Waals surface area contributed by atoms with Gasteiger partial charge in [0.2, 0.25) is 0 Å². The number of benzene rings is 5. The topological polar surface area (TPSA) is 37.1 Å². The van der Waals surface area contributed by atoms with Gasteiger partial charge in [-0.25, -0.2) is 9.98 Å². The second-order valence-corrected chi connectivity index (χ2v) is 11.9. The molecule has 5 rings (SSSR count). The van der Waals surface area contributed by atoms with E-state index < -0.39 is 0 Å². The van der Waals surface area contributed by atoms with Crippen molar-refractivity contribution in [2.24, 2.45) is 15.0 Å². The van der Waals surface area contributed by atoms with E-state index in [9.17, 15) is 0 Å². The molecule has 3 nitrogen and oxygen atoms in total. The zero-order chi connectivity index (χ0) is 34.6. The molecule has 0 aliphatic heterocycles. The monoisotopic (exact) mass is 637 g/mol. The molecule has 0 fully saturated rings. The first-order chi connectivity index (χ1) is 23.9. The highest BCUT2D eigenvalue weighted by atomic mass is 15.0. The van der Waals surface area contributed by atoms with Gasteiger partial charge in [0.1, 0.15) is 0 Å². The van der Waals surface area contributed by atoms with Crippen molar-refractivity contribution in [1.29, 1.82) is 0 Å². The van der Waals surface area contributed by atoms with Gasteiger partial charge < -0.3 is 0 Å². The molecule has 49 heavy (non-hydrogen) atoms. The molecule has 0 bridgehead atoms. The first kappa shape index (κ1) is 34.4. The highest BCUT2D eigenvalue weighted by Crippen LogP contribution is 2.29. The van der Waals surface area contributed by atoms with Crippen LogP contribution >= 0.6 is 0 Å². The van der Waals surface area contributed by atoms with Gasteiger partial charge in [-0.3, -0.25) is 4.99 Å². The molecule has 0 radical (unpaired) electrons. The number of allylic oxidation sites excluding steroid dienone is 6.